The molecule has 3 nitrogen and oxygen atoms in total. The fourth-order valence-corrected chi connectivity index (χ4v) is 2.30. The van der Waals surface area contributed by atoms with Crippen LogP contribution in [-0.4, -0.2) is 24.1 Å². The minimum Gasteiger partial charge on any atom is -0.348 e. The number of aryl methyl sites for hydroxylation is 1. The molecule has 0 aromatic carbocycles. The van der Waals surface area contributed by atoms with Gasteiger partial charge in [0.05, 0.1) is 0 Å². The predicted molar refractivity (Wildman–Crippen MR) is 88.3 cm³/mol. The van der Waals surface area contributed by atoms with Gasteiger partial charge in [0.2, 0.25) is 0 Å². The van der Waals surface area contributed by atoms with Gasteiger partial charge in [0, 0.05) is 24.3 Å². The van der Waals surface area contributed by atoms with Gasteiger partial charge in [-0.25, -0.2) is 4.98 Å². The van der Waals surface area contributed by atoms with Crippen LogP contribution in [0.4, 0.5) is 5.82 Å². The zero-order chi connectivity index (χ0) is 15.2. The van der Waals surface area contributed by atoms with Crippen LogP contribution < -0.4 is 10.2 Å². The molecule has 3 heteroatoms. The van der Waals surface area contributed by atoms with Crippen molar-refractivity contribution in [3.05, 3.63) is 36.0 Å². The number of hydrogen-bond donors (Lipinski definition) is 1. The molecule has 1 aromatic rings. The van der Waals surface area contributed by atoms with Crippen molar-refractivity contribution in [3.8, 4) is 0 Å². The molecule has 0 saturated carbocycles. The van der Waals surface area contributed by atoms with Crippen LogP contribution in [-0.2, 0) is 13.0 Å². The van der Waals surface area contributed by atoms with Crippen LogP contribution in [0.3, 0.4) is 0 Å². The maximum Gasteiger partial charge on any atom is 0.129 e. The molecule has 0 aliphatic heterocycles. The average molecular weight is 275 g/mol. The van der Waals surface area contributed by atoms with Crippen molar-refractivity contribution in [2.24, 2.45) is 0 Å². The Hall–Kier alpha value is -1.35. The molecule has 0 bridgehead atoms. The van der Waals surface area contributed by atoms with E-state index < -0.39 is 0 Å². The molecule has 1 heterocycles. The van der Waals surface area contributed by atoms with E-state index in [9.17, 15) is 0 Å². The third-order valence-corrected chi connectivity index (χ3v) is 3.21. The first kappa shape index (κ1) is 16.7. The average Bonchev–Trinajstić information content (AvgIpc) is 2.35. The first-order chi connectivity index (χ1) is 9.42. The van der Waals surface area contributed by atoms with Crippen molar-refractivity contribution in [1.29, 1.82) is 0 Å². The minimum absolute atomic E-state index is 0.0307. The highest BCUT2D eigenvalue weighted by Crippen LogP contribution is 2.24. The molecule has 0 atom stereocenters. The number of aromatic nitrogens is 1. The zero-order valence-corrected chi connectivity index (χ0v) is 13.7. The van der Waals surface area contributed by atoms with E-state index >= 15 is 0 Å². The third-order valence-electron chi connectivity index (χ3n) is 3.21. The molecule has 0 fully saturated rings. The highest BCUT2D eigenvalue weighted by molar-refractivity contribution is 5.46. The third kappa shape index (κ3) is 4.64. The molecule has 1 N–H and O–H groups in total. The first-order valence-electron chi connectivity index (χ1n) is 7.45. The minimum atomic E-state index is 0.0307. The van der Waals surface area contributed by atoms with Crippen LogP contribution in [0.5, 0.6) is 0 Å². The van der Waals surface area contributed by atoms with Crippen LogP contribution >= 0.6 is 0 Å². The summed E-state index contributed by atoms with van der Waals surface area (Å²) in [6, 6.07) is 4.39. The number of nitrogens with zero attached hydrogens (tertiary/aromatic N) is 2. The van der Waals surface area contributed by atoms with E-state index in [0.29, 0.717) is 0 Å². The fourth-order valence-electron chi connectivity index (χ4n) is 2.30. The van der Waals surface area contributed by atoms with E-state index in [2.05, 4.69) is 56.6 Å². The van der Waals surface area contributed by atoms with Gasteiger partial charge in [-0.2, -0.15) is 0 Å². The van der Waals surface area contributed by atoms with Crippen molar-refractivity contribution in [2.45, 2.75) is 52.6 Å². The van der Waals surface area contributed by atoms with Gasteiger partial charge in [0.15, 0.2) is 0 Å². The lowest BCUT2D eigenvalue weighted by Gasteiger charge is -2.36. The second kappa shape index (κ2) is 7.44. The standard InChI is InChI=1S/C17H29N3/c1-7-9-15-11-14(13-18-6)12-16(19-15)20(10-8-2)17(3,4)5/h8,11-12,18H,2,7,9-10,13H2,1,3-6H3. The summed E-state index contributed by atoms with van der Waals surface area (Å²) in [7, 11) is 1.98. The summed E-state index contributed by atoms with van der Waals surface area (Å²) in [4.78, 5) is 7.15. The lowest BCUT2D eigenvalue weighted by atomic mass is 10.0. The summed E-state index contributed by atoms with van der Waals surface area (Å²) in [6.07, 6.45) is 4.08. The quantitative estimate of drug-likeness (QED) is 0.771. The van der Waals surface area contributed by atoms with E-state index in [-0.39, 0.29) is 5.54 Å². The van der Waals surface area contributed by atoms with Gasteiger partial charge in [-0.05, 0) is 51.9 Å². The maximum atomic E-state index is 4.84. The van der Waals surface area contributed by atoms with Crippen LogP contribution in [0.1, 0.15) is 45.4 Å². The Morgan fingerprint density at radius 1 is 1.35 bits per heavy atom. The van der Waals surface area contributed by atoms with Gasteiger partial charge < -0.3 is 10.2 Å². The largest absolute Gasteiger partial charge is 0.348 e. The number of anilines is 1. The van der Waals surface area contributed by atoms with E-state index in [1.807, 2.05) is 13.1 Å². The molecular formula is C17H29N3. The normalized spacial score (nSPS) is 11.4. The number of hydrogen-bond acceptors (Lipinski definition) is 3. The Labute approximate surface area is 124 Å². The van der Waals surface area contributed by atoms with Crippen molar-refractivity contribution in [1.82, 2.24) is 10.3 Å². The van der Waals surface area contributed by atoms with E-state index in [0.717, 1.165) is 31.7 Å². The molecule has 1 aromatic heterocycles. The molecule has 0 aliphatic carbocycles. The molecule has 0 radical (unpaired) electrons. The van der Waals surface area contributed by atoms with Crippen LogP contribution in [0.2, 0.25) is 0 Å². The van der Waals surface area contributed by atoms with Crippen molar-refractivity contribution < 1.29 is 0 Å². The number of nitrogens with one attached hydrogen (secondary N) is 1. The van der Waals surface area contributed by atoms with Crippen molar-refractivity contribution in [3.63, 3.8) is 0 Å². The Bertz CT molecular complexity index is 408. The van der Waals surface area contributed by atoms with E-state index in [1.54, 1.807) is 0 Å². The van der Waals surface area contributed by atoms with Crippen LogP contribution in [0, 0.1) is 0 Å². The maximum absolute atomic E-state index is 4.84. The van der Waals surface area contributed by atoms with Gasteiger partial charge >= 0.3 is 0 Å². The van der Waals surface area contributed by atoms with Crippen LogP contribution in [0.25, 0.3) is 0 Å². The molecule has 0 saturated heterocycles. The predicted octanol–water partition coefficient (Wildman–Crippen LogP) is 3.54. The Morgan fingerprint density at radius 3 is 2.55 bits per heavy atom. The molecule has 0 unspecified atom stereocenters. The Balaban J connectivity index is 3.21. The second-order valence-electron chi connectivity index (χ2n) is 6.18. The SMILES string of the molecule is C=CCN(c1cc(CNC)cc(CCC)n1)C(C)(C)C. The highest BCUT2D eigenvalue weighted by atomic mass is 15.2. The summed E-state index contributed by atoms with van der Waals surface area (Å²) in [5, 5.41) is 3.22. The highest BCUT2D eigenvalue weighted by Gasteiger charge is 2.22. The molecule has 0 aliphatic rings. The molecule has 0 amide bonds. The van der Waals surface area contributed by atoms with Gasteiger partial charge in [0.25, 0.3) is 0 Å². The molecular weight excluding hydrogens is 246 g/mol. The van der Waals surface area contributed by atoms with Gasteiger partial charge in [-0.15, -0.1) is 6.58 Å². The topological polar surface area (TPSA) is 28.2 Å². The summed E-state index contributed by atoms with van der Waals surface area (Å²) in [6.45, 7) is 14.4. The number of rotatable bonds is 7. The molecule has 1 rings (SSSR count). The van der Waals surface area contributed by atoms with E-state index in [1.165, 1.54) is 11.3 Å². The number of pyridine rings is 1. The van der Waals surface area contributed by atoms with Crippen molar-refractivity contribution >= 4 is 5.82 Å². The van der Waals surface area contributed by atoms with Crippen LogP contribution in [0.15, 0.2) is 24.8 Å². The lowest BCUT2D eigenvalue weighted by molar-refractivity contribution is 0.516. The summed E-state index contributed by atoms with van der Waals surface area (Å²) >= 11 is 0. The van der Waals surface area contributed by atoms with Crippen molar-refractivity contribution in [2.75, 3.05) is 18.5 Å². The molecule has 112 valence electrons. The molecule has 20 heavy (non-hydrogen) atoms. The smallest absolute Gasteiger partial charge is 0.129 e. The molecule has 0 spiro atoms. The summed E-state index contributed by atoms with van der Waals surface area (Å²) in [5.74, 6) is 1.05. The van der Waals surface area contributed by atoms with Gasteiger partial charge in [0.1, 0.15) is 5.82 Å². The summed E-state index contributed by atoms with van der Waals surface area (Å²) < 4.78 is 0. The Morgan fingerprint density at radius 2 is 2.05 bits per heavy atom. The second-order valence-corrected chi connectivity index (χ2v) is 6.18. The van der Waals surface area contributed by atoms with Gasteiger partial charge in [-0.1, -0.05) is 19.4 Å². The lowest BCUT2D eigenvalue weighted by Crippen LogP contribution is -2.42. The monoisotopic (exact) mass is 275 g/mol. The summed E-state index contributed by atoms with van der Waals surface area (Å²) in [5.41, 5.74) is 2.50. The van der Waals surface area contributed by atoms with Gasteiger partial charge in [-0.3, -0.25) is 0 Å². The zero-order valence-electron chi connectivity index (χ0n) is 13.7. The Kier molecular flexibility index (Phi) is 6.21. The van der Waals surface area contributed by atoms with E-state index in [4.69, 9.17) is 4.98 Å². The fraction of sp³-hybridized carbons (Fsp3) is 0.588. The first-order valence-corrected chi connectivity index (χ1v) is 7.45.